The van der Waals surface area contributed by atoms with E-state index in [0.29, 0.717) is 0 Å². The lowest BCUT2D eigenvalue weighted by Crippen LogP contribution is -2.12. The van der Waals surface area contributed by atoms with Gasteiger partial charge in [0, 0.05) is 31.0 Å². The molecule has 96 valence electrons. The van der Waals surface area contributed by atoms with Crippen LogP contribution in [0.25, 0.3) is 10.9 Å². The number of H-pyrrole nitrogens is 1. The Morgan fingerprint density at radius 2 is 1.74 bits per heavy atom. The van der Waals surface area contributed by atoms with Gasteiger partial charge in [-0.15, -0.1) is 0 Å². The first-order valence-corrected chi connectivity index (χ1v) is 6.66. The van der Waals surface area contributed by atoms with Gasteiger partial charge in [0.2, 0.25) is 0 Å². The molecule has 0 atom stereocenters. The van der Waals surface area contributed by atoms with Crippen molar-refractivity contribution in [2.24, 2.45) is 0 Å². The lowest BCUT2D eigenvalue weighted by molar-refractivity contribution is 0.956. The maximum atomic E-state index is 3.12. The van der Waals surface area contributed by atoms with Crippen LogP contribution in [0.4, 0.5) is 5.69 Å². The highest BCUT2D eigenvalue weighted by Gasteiger charge is 2.12. The maximum Gasteiger partial charge on any atom is 0.0453 e. The minimum absolute atomic E-state index is 1.18. The number of para-hydroxylation sites is 2. The molecule has 1 aliphatic heterocycles. The van der Waals surface area contributed by atoms with Crippen molar-refractivity contribution in [1.82, 2.24) is 4.98 Å². The zero-order valence-corrected chi connectivity index (χ0v) is 11.1. The molecule has 19 heavy (non-hydrogen) atoms. The van der Waals surface area contributed by atoms with Crippen LogP contribution in [0.15, 0.2) is 60.8 Å². The summed E-state index contributed by atoms with van der Waals surface area (Å²) in [6.07, 6.45) is 3.16. The minimum atomic E-state index is 1.18. The second kappa shape index (κ2) is 5.19. The van der Waals surface area contributed by atoms with Crippen LogP contribution in [0.1, 0.15) is 5.56 Å². The van der Waals surface area contributed by atoms with E-state index in [-0.39, 0.29) is 0 Å². The van der Waals surface area contributed by atoms with Gasteiger partial charge in [-0.3, -0.25) is 0 Å². The molecule has 0 radical (unpaired) electrons. The Morgan fingerprint density at radius 3 is 2.58 bits per heavy atom. The maximum absolute atomic E-state index is 3.12. The van der Waals surface area contributed by atoms with E-state index in [1.54, 1.807) is 0 Å². The van der Waals surface area contributed by atoms with E-state index in [2.05, 4.69) is 59.4 Å². The molecule has 3 aromatic rings. The van der Waals surface area contributed by atoms with Crippen molar-refractivity contribution in [3.63, 3.8) is 0 Å². The van der Waals surface area contributed by atoms with E-state index in [9.17, 15) is 0 Å². The highest BCUT2D eigenvalue weighted by atomic mass is 15.1. The molecule has 0 saturated carbocycles. The SMILES string of the molecule is CN1CCc2ccccc21.c1ccc2[nH]ccc2c1. The van der Waals surface area contributed by atoms with E-state index in [1.165, 1.54) is 35.1 Å². The quantitative estimate of drug-likeness (QED) is 0.642. The number of benzene rings is 2. The number of anilines is 1. The number of rotatable bonds is 0. The van der Waals surface area contributed by atoms with Crippen molar-refractivity contribution >= 4 is 16.6 Å². The molecular weight excluding hydrogens is 232 g/mol. The number of fused-ring (bicyclic) bond motifs is 2. The Balaban J connectivity index is 0.000000117. The molecule has 0 saturated heterocycles. The van der Waals surface area contributed by atoms with Gasteiger partial charge >= 0.3 is 0 Å². The molecule has 2 nitrogen and oxygen atoms in total. The van der Waals surface area contributed by atoms with Crippen LogP contribution in [0.5, 0.6) is 0 Å². The smallest absolute Gasteiger partial charge is 0.0453 e. The Kier molecular flexibility index (Phi) is 3.23. The van der Waals surface area contributed by atoms with Gasteiger partial charge in [0.1, 0.15) is 0 Å². The third-order valence-corrected chi connectivity index (χ3v) is 3.58. The van der Waals surface area contributed by atoms with Crippen LogP contribution < -0.4 is 4.90 Å². The fraction of sp³-hybridized carbons (Fsp3) is 0.176. The summed E-state index contributed by atoms with van der Waals surface area (Å²) >= 11 is 0. The fourth-order valence-corrected chi connectivity index (χ4v) is 2.50. The van der Waals surface area contributed by atoms with E-state index in [0.717, 1.165) is 0 Å². The first-order chi connectivity index (χ1) is 9.34. The van der Waals surface area contributed by atoms with Gasteiger partial charge in [-0.05, 0) is 35.6 Å². The molecular formula is C17H18N2. The second-order valence-corrected chi connectivity index (χ2v) is 4.87. The summed E-state index contributed by atoms with van der Waals surface area (Å²) in [6, 6.07) is 18.9. The predicted octanol–water partition coefficient (Wildman–Crippen LogP) is 3.85. The minimum Gasteiger partial charge on any atom is -0.374 e. The van der Waals surface area contributed by atoms with Crippen molar-refractivity contribution in [2.45, 2.75) is 6.42 Å². The van der Waals surface area contributed by atoms with E-state index in [4.69, 9.17) is 0 Å². The molecule has 1 aliphatic rings. The Morgan fingerprint density at radius 1 is 0.947 bits per heavy atom. The lowest BCUT2D eigenvalue weighted by Gasteiger charge is -2.10. The molecule has 1 N–H and O–H groups in total. The first kappa shape index (κ1) is 11.8. The van der Waals surface area contributed by atoms with Gasteiger partial charge in [-0.2, -0.15) is 0 Å². The number of hydrogen-bond acceptors (Lipinski definition) is 1. The normalized spacial score (nSPS) is 13.0. The Hall–Kier alpha value is -2.22. The summed E-state index contributed by atoms with van der Waals surface area (Å²) < 4.78 is 0. The molecule has 0 aliphatic carbocycles. The van der Waals surface area contributed by atoms with E-state index >= 15 is 0 Å². The molecule has 2 heterocycles. The highest BCUT2D eigenvalue weighted by Crippen LogP contribution is 2.25. The van der Waals surface area contributed by atoms with Gasteiger partial charge in [0.05, 0.1) is 0 Å². The summed E-state index contributed by atoms with van der Waals surface area (Å²) in [5.74, 6) is 0. The zero-order valence-electron chi connectivity index (χ0n) is 11.1. The molecule has 0 bridgehead atoms. The average molecular weight is 250 g/mol. The van der Waals surface area contributed by atoms with E-state index < -0.39 is 0 Å². The number of nitrogens with one attached hydrogen (secondary N) is 1. The van der Waals surface area contributed by atoms with Gasteiger partial charge in [0.15, 0.2) is 0 Å². The Bertz CT molecular complexity index is 639. The molecule has 2 heteroatoms. The summed E-state index contributed by atoms with van der Waals surface area (Å²) in [5, 5.41) is 1.28. The van der Waals surface area contributed by atoms with Crippen LogP contribution in [0, 0.1) is 0 Å². The van der Waals surface area contributed by atoms with E-state index in [1.807, 2.05) is 18.3 Å². The van der Waals surface area contributed by atoms with Crippen LogP contribution in [-0.4, -0.2) is 18.6 Å². The van der Waals surface area contributed by atoms with Gasteiger partial charge in [-0.1, -0.05) is 36.4 Å². The molecule has 0 unspecified atom stereocenters. The third kappa shape index (κ3) is 2.48. The fourth-order valence-electron chi connectivity index (χ4n) is 2.50. The van der Waals surface area contributed by atoms with Crippen molar-refractivity contribution in [3.05, 3.63) is 66.4 Å². The summed E-state index contributed by atoms with van der Waals surface area (Å²) in [4.78, 5) is 5.42. The number of hydrogen-bond donors (Lipinski definition) is 1. The molecule has 0 spiro atoms. The van der Waals surface area contributed by atoms with Crippen molar-refractivity contribution in [2.75, 3.05) is 18.5 Å². The molecule has 0 amide bonds. The summed E-state index contributed by atoms with van der Waals surface area (Å²) in [6.45, 7) is 1.18. The van der Waals surface area contributed by atoms with Crippen LogP contribution >= 0.6 is 0 Å². The monoisotopic (exact) mass is 250 g/mol. The number of aromatic nitrogens is 1. The van der Waals surface area contributed by atoms with Crippen molar-refractivity contribution < 1.29 is 0 Å². The predicted molar refractivity (Wildman–Crippen MR) is 81.7 cm³/mol. The third-order valence-electron chi connectivity index (χ3n) is 3.58. The zero-order chi connectivity index (χ0) is 13.1. The van der Waals surface area contributed by atoms with Crippen LogP contribution in [-0.2, 0) is 6.42 Å². The summed E-state index contributed by atoms with van der Waals surface area (Å²) in [5.41, 5.74) is 4.10. The topological polar surface area (TPSA) is 19.0 Å². The second-order valence-electron chi connectivity index (χ2n) is 4.87. The largest absolute Gasteiger partial charge is 0.374 e. The van der Waals surface area contributed by atoms with Crippen LogP contribution in [0.2, 0.25) is 0 Å². The average Bonchev–Trinajstić information content (AvgIpc) is 3.07. The molecule has 0 fully saturated rings. The standard InChI is InChI=1S/C9H11N.C8H7N/c1-10-7-6-8-4-2-3-5-9(8)10;1-2-4-8-7(3-1)5-6-9-8/h2-5H,6-7H2,1H3;1-6,9H. The summed E-state index contributed by atoms with van der Waals surface area (Å²) in [7, 11) is 2.14. The molecule has 2 aromatic carbocycles. The molecule has 4 rings (SSSR count). The number of likely N-dealkylation sites (N-methyl/N-ethyl adjacent to an activating group) is 1. The first-order valence-electron chi connectivity index (χ1n) is 6.66. The Labute approximate surface area is 113 Å². The van der Waals surface area contributed by atoms with Crippen LogP contribution in [0.3, 0.4) is 0 Å². The van der Waals surface area contributed by atoms with Gasteiger partial charge < -0.3 is 9.88 Å². The van der Waals surface area contributed by atoms with Crippen molar-refractivity contribution in [1.29, 1.82) is 0 Å². The molecule has 1 aromatic heterocycles. The van der Waals surface area contributed by atoms with Crippen molar-refractivity contribution in [3.8, 4) is 0 Å². The highest BCUT2D eigenvalue weighted by molar-refractivity contribution is 5.78. The van der Waals surface area contributed by atoms with Gasteiger partial charge in [-0.25, -0.2) is 0 Å². The number of aromatic amines is 1. The lowest BCUT2D eigenvalue weighted by atomic mass is 10.2. The van der Waals surface area contributed by atoms with Gasteiger partial charge in [0.25, 0.3) is 0 Å². The number of nitrogens with zero attached hydrogens (tertiary/aromatic N) is 1.